The molecule has 1 amide bonds. The molecule has 0 heterocycles. The van der Waals surface area contributed by atoms with E-state index in [1.807, 2.05) is 0 Å². The number of hydrogen-bond acceptors (Lipinski definition) is 5. The van der Waals surface area contributed by atoms with Crippen molar-refractivity contribution >= 4 is 27.5 Å². The highest BCUT2D eigenvalue weighted by molar-refractivity contribution is 9.10. The average molecular weight is 442 g/mol. The Labute approximate surface area is 165 Å². The number of ether oxygens (including phenoxy) is 4. The maximum absolute atomic E-state index is 13.1. The predicted octanol–water partition coefficient (Wildman–Crippen LogP) is 4.03. The van der Waals surface area contributed by atoms with E-state index >= 15 is 0 Å². The summed E-state index contributed by atoms with van der Waals surface area (Å²) >= 11 is 3.21. The van der Waals surface area contributed by atoms with Gasteiger partial charge in [-0.15, -0.1) is 0 Å². The number of amides is 1. The van der Waals surface area contributed by atoms with E-state index in [4.69, 9.17) is 18.9 Å². The Bertz CT molecular complexity index is 787. The van der Waals surface area contributed by atoms with Crippen molar-refractivity contribution in [2.24, 2.45) is 0 Å². The highest BCUT2D eigenvalue weighted by atomic mass is 79.9. The molecule has 1 unspecified atom stereocenters. The molecule has 0 fully saturated rings. The second kappa shape index (κ2) is 10.1. The molecular weight excluding hydrogens is 421 g/mol. The quantitative estimate of drug-likeness (QED) is 0.595. The van der Waals surface area contributed by atoms with Crippen LogP contribution >= 0.6 is 15.9 Å². The molecule has 1 N–H and O–H groups in total. The summed E-state index contributed by atoms with van der Waals surface area (Å²) in [7, 11) is 3.12. The van der Waals surface area contributed by atoms with Gasteiger partial charge in [-0.2, -0.15) is 0 Å². The zero-order chi connectivity index (χ0) is 19.8. The molecule has 146 valence electrons. The number of hydrogen-bond donors (Lipinski definition) is 1. The van der Waals surface area contributed by atoms with E-state index in [1.165, 1.54) is 25.3 Å². The number of carbonyl (C=O) groups is 1. The summed E-state index contributed by atoms with van der Waals surface area (Å²) in [5.41, 5.74) is 0.529. The SMILES string of the molecule is COCCOc1cc(NC(=O)C(C)Oc2ccc(F)cc2Br)ccc1OC. The minimum atomic E-state index is -0.799. The largest absolute Gasteiger partial charge is 0.493 e. The van der Waals surface area contributed by atoms with Crippen LogP contribution in [0.15, 0.2) is 40.9 Å². The van der Waals surface area contributed by atoms with Crippen LogP contribution < -0.4 is 19.5 Å². The molecule has 1 atom stereocenters. The molecule has 0 saturated heterocycles. The minimum absolute atomic E-state index is 0.350. The van der Waals surface area contributed by atoms with Crippen LogP contribution in [0, 0.1) is 5.82 Å². The molecule has 2 aromatic carbocycles. The number of rotatable bonds is 9. The normalized spacial score (nSPS) is 11.6. The number of carbonyl (C=O) groups excluding carboxylic acids is 1. The first kappa shape index (κ1) is 21.0. The second-order valence-corrected chi connectivity index (χ2v) is 6.39. The number of methoxy groups -OCH3 is 2. The van der Waals surface area contributed by atoms with Crippen molar-refractivity contribution in [3.63, 3.8) is 0 Å². The van der Waals surface area contributed by atoms with Crippen molar-refractivity contribution in [2.45, 2.75) is 13.0 Å². The predicted molar refractivity (Wildman–Crippen MR) is 103 cm³/mol. The summed E-state index contributed by atoms with van der Waals surface area (Å²) in [6.45, 7) is 2.38. The Morgan fingerprint density at radius 2 is 1.85 bits per heavy atom. The molecule has 0 aliphatic carbocycles. The molecule has 2 aromatic rings. The lowest BCUT2D eigenvalue weighted by atomic mass is 10.2. The van der Waals surface area contributed by atoms with E-state index in [0.717, 1.165) is 0 Å². The van der Waals surface area contributed by atoms with Crippen LogP contribution in [0.5, 0.6) is 17.2 Å². The first-order valence-electron chi connectivity index (χ1n) is 8.17. The molecule has 0 radical (unpaired) electrons. The van der Waals surface area contributed by atoms with Gasteiger partial charge < -0.3 is 24.3 Å². The Kier molecular flexibility index (Phi) is 7.87. The lowest BCUT2D eigenvalue weighted by molar-refractivity contribution is -0.122. The van der Waals surface area contributed by atoms with Gasteiger partial charge in [0, 0.05) is 18.9 Å². The maximum atomic E-state index is 13.1. The lowest BCUT2D eigenvalue weighted by Crippen LogP contribution is -2.30. The summed E-state index contributed by atoms with van der Waals surface area (Å²) in [6, 6.07) is 9.04. The molecule has 0 aromatic heterocycles. The van der Waals surface area contributed by atoms with E-state index in [1.54, 1.807) is 32.2 Å². The number of halogens is 2. The standard InChI is InChI=1S/C19H21BrFNO5/c1-12(27-16-6-4-13(21)10-15(16)20)19(23)22-14-5-7-17(25-3)18(11-14)26-9-8-24-2/h4-7,10-12H,8-9H2,1-3H3,(H,22,23). The van der Waals surface area contributed by atoms with E-state index < -0.39 is 11.9 Å². The molecule has 0 aliphatic rings. The lowest BCUT2D eigenvalue weighted by Gasteiger charge is -2.17. The molecule has 2 rings (SSSR count). The van der Waals surface area contributed by atoms with Crippen LogP contribution in [0.1, 0.15) is 6.92 Å². The fourth-order valence-corrected chi connectivity index (χ4v) is 2.61. The summed E-state index contributed by atoms with van der Waals surface area (Å²) in [6.07, 6.45) is -0.799. The van der Waals surface area contributed by atoms with Crippen LogP contribution in [-0.4, -0.2) is 39.4 Å². The van der Waals surface area contributed by atoms with Gasteiger partial charge in [-0.1, -0.05) is 0 Å². The summed E-state index contributed by atoms with van der Waals surface area (Å²) in [4.78, 5) is 12.4. The first-order chi connectivity index (χ1) is 12.9. The molecule has 0 bridgehead atoms. The van der Waals surface area contributed by atoms with E-state index in [-0.39, 0.29) is 5.91 Å². The van der Waals surface area contributed by atoms with Gasteiger partial charge in [-0.25, -0.2) is 4.39 Å². The molecule has 0 saturated carbocycles. The zero-order valence-electron chi connectivity index (χ0n) is 15.3. The van der Waals surface area contributed by atoms with Crippen LogP contribution in [0.2, 0.25) is 0 Å². The van der Waals surface area contributed by atoms with Crippen LogP contribution in [0.25, 0.3) is 0 Å². The number of nitrogens with one attached hydrogen (secondary N) is 1. The maximum Gasteiger partial charge on any atom is 0.265 e. The van der Waals surface area contributed by atoms with Gasteiger partial charge in [-0.3, -0.25) is 4.79 Å². The number of benzene rings is 2. The first-order valence-corrected chi connectivity index (χ1v) is 8.96. The molecule has 0 spiro atoms. The van der Waals surface area contributed by atoms with E-state index in [0.29, 0.717) is 40.6 Å². The van der Waals surface area contributed by atoms with Crippen LogP contribution in [0.3, 0.4) is 0 Å². The van der Waals surface area contributed by atoms with Crippen LogP contribution in [0.4, 0.5) is 10.1 Å². The Balaban J connectivity index is 2.04. The summed E-state index contributed by atoms with van der Waals surface area (Å²) in [5, 5.41) is 2.75. The van der Waals surface area contributed by atoms with Gasteiger partial charge in [-0.05, 0) is 53.2 Å². The third-order valence-corrected chi connectivity index (χ3v) is 4.16. The average Bonchev–Trinajstić information content (AvgIpc) is 2.64. The minimum Gasteiger partial charge on any atom is -0.493 e. The summed E-state index contributed by atoms with van der Waals surface area (Å²) < 4.78 is 35.0. The third-order valence-electron chi connectivity index (χ3n) is 3.54. The van der Waals surface area contributed by atoms with Gasteiger partial charge in [0.25, 0.3) is 5.91 Å². The van der Waals surface area contributed by atoms with Crippen molar-refractivity contribution in [3.8, 4) is 17.2 Å². The van der Waals surface area contributed by atoms with Gasteiger partial charge in [0.15, 0.2) is 17.6 Å². The molecule has 0 aliphatic heterocycles. The Morgan fingerprint density at radius 3 is 2.52 bits per heavy atom. The number of anilines is 1. The third kappa shape index (κ3) is 6.11. The second-order valence-electron chi connectivity index (χ2n) is 5.53. The Morgan fingerprint density at radius 1 is 1.11 bits per heavy atom. The fraction of sp³-hybridized carbons (Fsp3) is 0.316. The summed E-state index contributed by atoms with van der Waals surface area (Å²) in [5.74, 6) is 0.646. The zero-order valence-corrected chi connectivity index (χ0v) is 16.8. The van der Waals surface area contributed by atoms with E-state index in [9.17, 15) is 9.18 Å². The molecule has 8 heteroatoms. The van der Waals surface area contributed by atoms with Gasteiger partial charge in [0.05, 0.1) is 18.2 Å². The highest BCUT2D eigenvalue weighted by Crippen LogP contribution is 2.31. The van der Waals surface area contributed by atoms with Crippen LogP contribution in [-0.2, 0) is 9.53 Å². The highest BCUT2D eigenvalue weighted by Gasteiger charge is 2.17. The smallest absolute Gasteiger partial charge is 0.265 e. The van der Waals surface area contributed by atoms with Crippen molar-refractivity contribution in [3.05, 3.63) is 46.7 Å². The van der Waals surface area contributed by atoms with Crippen molar-refractivity contribution < 1.29 is 28.1 Å². The van der Waals surface area contributed by atoms with Crippen molar-refractivity contribution in [1.82, 2.24) is 0 Å². The van der Waals surface area contributed by atoms with Crippen molar-refractivity contribution in [1.29, 1.82) is 0 Å². The molecule has 6 nitrogen and oxygen atoms in total. The molecule has 27 heavy (non-hydrogen) atoms. The monoisotopic (exact) mass is 441 g/mol. The van der Waals surface area contributed by atoms with Crippen molar-refractivity contribution in [2.75, 3.05) is 32.8 Å². The fourth-order valence-electron chi connectivity index (χ4n) is 2.16. The van der Waals surface area contributed by atoms with Gasteiger partial charge >= 0.3 is 0 Å². The van der Waals surface area contributed by atoms with E-state index in [2.05, 4.69) is 21.2 Å². The molecular formula is C19H21BrFNO5. The topological polar surface area (TPSA) is 66.0 Å². The van der Waals surface area contributed by atoms with Gasteiger partial charge in [0.1, 0.15) is 18.2 Å². The van der Waals surface area contributed by atoms with Gasteiger partial charge in [0.2, 0.25) is 0 Å². The Hall–Kier alpha value is -2.32.